The van der Waals surface area contributed by atoms with Gasteiger partial charge in [0.1, 0.15) is 10.8 Å². The zero-order chi connectivity index (χ0) is 23.1. The van der Waals surface area contributed by atoms with Gasteiger partial charge in [-0.05, 0) is 81.5 Å². The number of anilines is 1. The molecule has 0 atom stereocenters. The summed E-state index contributed by atoms with van der Waals surface area (Å²) in [5.41, 5.74) is 0.446. The van der Waals surface area contributed by atoms with E-state index in [2.05, 4.69) is 37.2 Å². The molecule has 0 aromatic carbocycles. The van der Waals surface area contributed by atoms with E-state index in [9.17, 15) is 4.79 Å². The zero-order valence-electron chi connectivity index (χ0n) is 20.2. The molecule has 0 unspecified atom stereocenters. The second-order valence-electron chi connectivity index (χ2n) is 11.4. The van der Waals surface area contributed by atoms with Crippen molar-refractivity contribution < 1.29 is 4.79 Å². The van der Waals surface area contributed by atoms with Crippen molar-refractivity contribution >= 4 is 34.1 Å². The van der Waals surface area contributed by atoms with E-state index in [0.29, 0.717) is 22.2 Å². The summed E-state index contributed by atoms with van der Waals surface area (Å²) in [5, 5.41) is 23.2. The van der Waals surface area contributed by atoms with E-state index in [1.807, 2.05) is 0 Å². The highest BCUT2D eigenvalue weighted by molar-refractivity contribution is 7.99. The molecular formula is C25H36N6OS2. The van der Waals surface area contributed by atoms with Crippen molar-refractivity contribution in [3.8, 4) is 0 Å². The van der Waals surface area contributed by atoms with Crippen LogP contribution >= 0.6 is 23.1 Å². The lowest BCUT2D eigenvalue weighted by Crippen LogP contribution is -2.47. The Hall–Kier alpha value is -1.48. The van der Waals surface area contributed by atoms with Gasteiger partial charge in [-0.25, -0.2) is 0 Å². The van der Waals surface area contributed by atoms with Gasteiger partial charge >= 0.3 is 0 Å². The van der Waals surface area contributed by atoms with Crippen LogP contribution in [0.5, 0.6) is 0 Å². The summed E-state index contributed by atoms with van der Waals surface area (Å²) in [6, 6.07) is 0. The Morgan fingerprint density at radius 1 is 1.03 bits per heavy atom. The first-order valence-electron chi connectivity index (χ1n) is 13.3. The second kappa shape index (κ2) is 9.52. The Labute approximate surface area is 210 Å². The first-order valence-corrected chi connectivity index (χ1v) is 15.1. The van der Waals surface area contributed by atoms with Gasteiger partial charge in [0.2, 0.25) is 11.0 Å². The first kappa shape index (κ1) is 23.0. The van der Waals surface area contributed by atoms with E-state index in [0.717, 1.165) is 46.7 Å². The molecule has 0 radical (unpaired) electrons. The number of hydrogen-bond acceptors (Lipinski definition) is 7. The van der Waals surface area contributed by atoms with Crippen molar-refractivity contribution in [2.45, 2.75) is 102 Å². The molecule has 9 heteroatoms. The Balaban J connectivity index is 1.06. The Bertz CT molecular complexity index is 991. The SMILES string of the molecule is CCn1c(CC23CC4CC(CC(C4)C2)C3)nnc1SCC(=O)Nc1nnc(C2CCCCC2)s1. The summed E-state index contributed by atoms with van der Waals surface area (Å²) < 4.78 is 2.24. The smallest absolute Gasteiger partial charge is 0.236 e. The predicted octanol–water partition coefficient (Wildman–Crippen LogP) is 5.69. The van der Waals surface area contributed by atoms with Gasteiger partial charge in [-0.3, -0.25) is 10.1 Å². The number of rotatable bonds is 8. The lowest BCUT2D eigenvalue weighted by molar-refractivity contribution is -0.113. The number of amides is 1. The van der Waals surface area contributed by atoms with E-state index in [1.165, 1.54) is 93.7 Å². The second-order valence-corrected chi connectivity index (χ2v) is 13.3. The average molecular weight is 501 g/mol. The molecule has 1 N–H and O–H groups in total. The predicted molar refractivity (Wildman–Crippen MR) is 135 cm³/mol. The van der Waals surface area contributed by atoms with Crippen LogP contribution in [0.2, 0.25) is 0 Å². The summed E-state index contributed by atoms with van der Waals surface area (Å²) in [6.45, 7) is 3.00. The van der Waals surface area contributed by atoms with Gasteiger partial charge in [-0.15, -0.1) is 20.4 Å². The van der Waals surface area contributed by atoms with Gasteiger partial charge in [0.15, 0.2) is 5.16 Å². The zero-order valence-corrected chi connectivity index (χ0v) is 21.8. The van der Waals surface area contributed by atoms with Crippen LogP contribution < -0.4 is 5.32 Å². The van der Waals surface area contributed by atoms with Crippen molar-refractivity contribution in [3.63, 3.8) is 0 Å². The lowest BCUT2D eigenvalue weighted by atomic mass is 9.49. The third kappa shape index (κ3) is 4.66. The van der Waals surface area contributed by atoms with Gasteiger partial charge in [-0.1, -0.05) is 42.4 Å². The van der Waals surface area contributed by atoms with Crippen molar-refractivity contribution in [1.29, 1.82) is 0 Å². The van der Waals surface area contributed by atoms with E-state index < -0.39 is 0 Å². The minimum absolute atomic E-state index is 0.0513. The van der Waals surface area contributed by atoms with Gasteiger partial charge in [0.25, 0.3) is 0 Å². The molecule has 7 nitrogen and oxygen atoms in total. The molecule has 5 aliphatic carbocycles. The summed E-state index contributed by atoms with van der Waals surface area (Å²) in [6.07, 6.45) is 15.8. The highest BCUT2D eigenvalue weighted by Crippen LogP contribution is 2.61. The average Bonchev–Trinajstić information content (AvgIpc) is 3.43. The topological polar surface area (TPSA) is 85.6 Å². The molecule has 5 aliphatic rings. The summed E-state index contributed by atoms with van der Waals surface area (Å²) in [7, 11) is 0. The van der Waals surface area contributed by atoms with Crippen LogP contribution in [0.4, 0.5) is 5.13 Å². The quantitative estimate of drug-likeness (QED) is 0.469. The summed E-state index contributed by atoms with van der Waals surface area (Å²) in [5.74, 6) is 4.73. The molecule has 184 valence electrons. The maximum absolute atomic E-state index is 12.6. The molecule has 2 aromatic heterocycles. The highest BCUT2D eigenvalue weighted by atomic mass is 32.2. The molecule has 1 amide bonds. The molecule has 4 bridgehead atoms. The summed E-state index contributed by atoms with van der Waals surface area (Å²) >= 11 is 3.02. The van der Waals surface area contributed by atoms with Crippen LogP contribution in [0.15, 0.2) is 5.16 Å². The molecular weight excluding hydrogens is 464 g/mol. The van der Waals surface area contributed by atoms with Crippen molar-refractivity contribution in [2.75, 3.05) is 11.1 Å². The Morgan fingerprint density at radius 2 is 1.74 bits per heavy atom. The van der Waals surface area contributed by atoms with Crippen molar-refractivity contribution in [2.24, 2.45) is 23.2 Å². The number of nitrogens with one attached hydrogen (secondary N) is 1. The normalized spacial score (nSPS) is 30.7. The monoisotopic (exact) mass is 500 g/mol. The molecule has 7 rings (SSSR count). The Morgan fingerprint density at radius 3 is 2.41 bits per heavy atom. The van der Waals surface area contributed by atoms with Crippen LogP contribution in [0.1, 0.15) is 94.3 Å². The van der Waals surface area contributed by atoms with Crippen LogP contribution in [0.25, 0.3) is 0 Å². The van der Waals surface area contributed by atoms with E-state index in [1.54, 1.807) is 0 Å². The van der Waals surface area contributed by atoms with E-state index in [4.69, 9.17) is 0 Å². The number of carbonyl (C=O) groups is 1. The third-order valence-electron chi connectivity index (χ3n) is 8.78. The van der Waals surface area contributed by atoms with Crippen molar-refractivity contribution in [1.82, 2.24) is 25.0 Å². The lowest BCUT2D eigenvalue weighted by Gasteiger charge is -2.56. The molecule has 34 heavy (non-hydrogen) atoms. The van der Waals surface area contributed by atoms with E-state index in [-0.39, 0.29) is 5.91 Å². The minimum Gasteiger partial charge on any atom is -0.306 e. The highest BCUT2D eigenvalue weighted by Gasteiger charge is 2.51. The number of aromatic nitrogens is 5. The number of carbonyl (C=O) groups excluding carboxylic acids is 1. The fourth-order valence-corrected chi connectivity index (χ4v) is 9.55. The van der Waals surface area contributed by atoms with Crippen molar-refractivity contribution in [3.05, 3.63) is 10.8 Å². The van der Waals surface area contributed by atoms with Crippen LogP contribution in [-0.4, -0.2) is 36.6 Å². The van der Waals surface area contributed by atoms with Gasteiger partial charge in [-0.2, -0.15) is 0 Å². The van der Waals surface area contributed by atoms with Crippen LogP contribution in [0.3, 0.4) is 0 Å². The van der Waals surface area contributed by atoms with Crippen LogP contribution in [-0.2, 0) is 17.8 Å². The molecule has 2 aromatic rings. The molecule has 5 saturated carbocycles. The maximum Gasteiger partial charge on any atom is 0.236 e. The minimum atomic E-state index is -0.0513. The summed E-state index contributed by atoms with van der Waals surface area (Å²) in [4.78, 5) is 12.6. The third-order valence-corrected chi connectivity index (χ3v) is 10.7. The number of hydrogen-bond donors (Lipinski definition) is 1. The Kier molecular flexibility index (Phi) is 6.43. The molecule has 0 saturated heterocycles. The first-order chi connectivity index (χ1) is 16.6. The van der Waals surface area contributed by atoms with Crippen LogP contribution in [0, 0.1) is 23.2 Å². The fraction of sp³-hybridized carbons (Fsp3) is 0.800. The maximum atomic E-state index is 12.6. The number of nitrogens with zero attached hydrogens (tertiary/aromatic N) is 5. The standard InChI is InChI=1S/C25H36N6OS2/c1-2-31-20(14-25-11-16-8-17(12-25)10-18(9-16)13-25)27-30-24(31)33-15-21(32)26-23-29-28-22(34-23)19-6-4-3-5-7-19/h16-19H,2-15H2,1H3,(H,26,29,32). The van der Waals surface area contributed by atoms with Gasteiger partial charge in [0, 0.05) is 18.9 Å². The number of thioether (sulfide) groups is 1. The van der Waals surface area contributed by atoms with Gasteiger partial charge < -0.3 is 4.57 Å². The molecule has 0 spiro atoms. The fourth-order valence-electron chi connectivity index (χ4n) is 7.80. The molecule has 0 aliphatic heterocycles. The van der Waals surface area contributed by atoms with Gasteiger partial charge in [0.05, 0.1) is 5.75 Å². The largest absolute Gasteiger partial charge is 0.306 e. The molecule has 2 heterocycles. The van der Waals surface area contributed by atoms with E-state index >= 15 is 0 Å². The molecule has 5 fully saturated rings.